The molecule has 0 aliphatic carbocycles. The van der Waals surface area contributed by atoms with E-state index < -0.39 is 17.4 Å². The molecule has 2 aromatic carbocycles. The Kier molecular flexibility index (Phi) is 11.1. The molecule has 3 aromatic rings. The molecule has 0 saturated heterocycles. The topological polar surface area (TPSA) is 122 Å². The lowest BCUT2D eigenvalue weighted by atomic mass is 9.90. The van der Waals surface area contributed by atoms with Gasteiger partial charge in [-0.05, 0) is 50.8 Å². The van der Waals surface area contributed by atoms with Gasteiger partial charge in [-0.2, -0.15) is 0 Å². The van der Waals surface area contributed by atoms with Crippen molar-refractivity contribution >= 4 is 22.9 Å². The summed E-state index contributed by atoms with van der Waals surface area (Å²) in [4.78, 5) is 38.2. The van der Waals surface area contributed by atoms with E-state index in [2.05, 4.69) is 19.7 Å². The number of esters is 2. The average molecular weight is 577 g/mol. The van der Waals surface area contributed by atoms with Gasteiger partial charge in [-0.15, -0.1) is 19.7 Å². The summed E-state index contributed by atoms with van der Waals surface area (Å²) < 4.78 is 27.9. The third-order valence-electron chi connectivity index (χ3n) is 6.49. The highest BCUT2D eigenvalue weighted by atomic mass is 16.6. The van der Waals surface area contributed by atoms with E-state index in [-0.39, 0.29) is 73.7 Å². The van der Waals surface area contributed by atoms with Crippen LogP contribution in [0.5, 0.6) is 17.2 Å². The Labute approximate surface area is 244 Å². The van der Waals surface area contributed by atoms with E-state index in [0.29, 0.717) is 33.6 Å². The number of carbonyl (C=O) groups excluding carboxylic acids is 2. The molecule has 0 aliphatic heterocycles. The zero-order valence-corrected chi connectivity index (χ0v) is 24.2. The highest BCUT2D eigenvalue weighted by Crippen LogP contribution is 2.41. The highest BCUT2D eigenvalue weighted by Gasteiger charge is 2.26. The molecule has 0 spiro atoms. The maximum absolute atomic E-state index is 13.6. The van der Waals surface area contributed by atoms with Gasteiger partial charge in [-0.3, -0.25) is 9.59 Å². The zero-order valence-electron chi connectivity index (χ0n) is 24.2. The Bertz CT molecular complexity index is 1560. The van der Waals surface area contributed by atoms with E-state index in [9.17, 15) is 19.5 Å². The molecule has 0 unspecified atom stereocenters. The highest BCUT2D eigenvalue weighted by molar-refractivity contribution is 5.92. The van der Waals surface area contributed by atoms with Crippen LogP contribution in [0.4, 0.5) is 0 Å². The number of phenols is 1. The summed E-state index contributed by atoms with van der Waals surface area (Å²) in [6, 6.07) is 4.62. The minimum absolute atomic E-state index is 0.0161. The third kappa shape index (κ3) is 6.74. The first-order valence-electron chi connectivity index (χ1n) is 13.6. The van der Waals surface area contributed by atoms with Gasteiger partial charge in [0.15, 0.2) is 23.5 Å². The Hall–Kier alpha value is -4.79. The first-order valence-corrected chi connectivity index (χ1v) is 13.6. The molecule has 0 fully saturated rings. The van der Waals surface area contributed by atoms with Crippen LogP contribution in [0.15, 0.2) is 65.4 Å². The van der Waals surface area contributed by atoms with Crippen molar-refractivity contribution in [2.24, 2.45) is 0 Å². The third-order valence-corrected chi connectivity index (χ3v) is 6.49. The molecule has 42 heavy (non-hydrogen) atoms. The fraction of sp³-hybridized carbons (Fsp3) is 0.303. The molecule has 1 heterocycles. The minimum atomic E-state index is -0.555. The summed E-state index contributed by atoms with van der Waals surface area (Å²) in [5.74, 6) is -0.519. The van der Waals surface area contributed by atoms with Gasteiger partial charge in [-0.1, -0.05) is 18.2 Å². The molecule has 222 valence electrons. The SMILES string of the molecule is C=CCc1c(-c2cc(=O)c3c(O)c(CC=C)c(CC(=O)OCC)c(CC=C)c3o2)ccc(OC)c1OCC(=O)OCC. The molecular formula is C33H36O9. The first-order chi connectivity index (χ1) is 20.3. The monoisotopic (exact) mass is 576 g/mol. The van der Waals surface area contributed by atoms with Gasteiger partial charge < -0.3 is 28.5 Å². The van der Waals surface area contributed by atoms with E-state index >= 15 is 0 Å². The number of hydrogen-bond acceptors (Lipinski definition) is 9. The summed E-state index contributed by atoms with van der Waals surface area (Å²) in [7, 11) is 1.47. The number of benzene rings is 2. The van der Waals surface area contributed by atoms with E-state index in [1.54, 1.807) is 44.2 Å². The van der Waals surface area contributed by atoms with Crippen LogP contribution in [0, 0.1) is 0 Å². The molecule has 0 amide bonds. The maximum Gasteiger partial charge on any atom is 0.344 e. The number of methoxy groups -OCH3 is 1. The fourth-order valence-electron chi connectivity index (χ4n) is 4.81. The van der Waals surface area contributed by atoms with Crippen LogP contribution in [0.1, 0.15) is 36.1 Å². The molecule has 9 heteroatoms. The molecule has 0 saturated carbocycles. The Morgan fingerprint density at radius 1 is 0.905 bits per heavy atom. The second kappa shape index (κ2) is 14.7. The van der Waals surface area contributed by atoms with Crippen molar-refractivity contribution in [3.63, 3.8) is 0 Å². The lowest BCUT2D eigenvalue weighted by molar-refractivity contribution is -0.145. The molecule has 0 bridgehead atoms. The van der Waals surface area contributed by atoms with Crippen LogP contribution in [0.2, 0.25) is 0 Å². The molecule has 1 aromatic heterocycles. The second-order valence-electron chi connectivity index (χ2n) is 9.14. The molecule has 0 atom stereocenters. The zero-order chi connectivity index (χ0) is 30.8. The fourth-order valence-corrected chi connectivity index (χ4v) is 4.81. The van der Waals surface area contributed by atoms with Crippen LogP contribution < -0.4 is 14.9 Å². The summed E-state index contributed by atoms with van der Waals surface area (Å²) >= 11 is 0. The van der Waals surface area contributed by atoms with E-state index in [0.717, 1.165) is 0 Å². The van der Waals surface area contributed by atoms with Crippen molar-refractivity contribution in [3.05, 3.63) is 88.6 Å². The summed E-state index contributed by atoms with van der Waals surface area (Å²) in [5.41, 5.74) is 2.08. The molecule has 0 aliphatic rings. The van der Waals surface area contributed by atoms with Crippen molar-refractivity contribution in [1.29, 1.82) is 0 Å². The van der Waals surface area contributed by atoms with Crippen LogP contribution in [-0.2, 0) is 44.7 Å². The van der Waals surface area contributed by atoms with Crippen LogP contribution in [0.25, 0.3) is 22.3 Å². The van der Waals surface area contributed by atoms with Gasteiger partial charge >= 0.3 is 11.9 Å². The Morgan fingerprint density at radius 3 is 2.14 bits per heavy atom. The van der Waals surface area contributed by atoms with Gasteiger partial charge in [0.2, 0.25) is 0 Å². The van der Waals surface area contributed by atoms with Gasteiger partial charge in [-0.25, -0.2) is 4.79 Å². The average Bonchev–Trinajstić information content (AvgIpc) is 2.96. The first kappa shape index (κ1) is 31.7. The minimum Gasteiger partial charge on any atom is -0.507 e. The number of carbonyl (C=O) groups is 2. The maximum atomic E-state index is 13.6. The Balaban J connectivity index is 2.37. The quantitative estimate of drug-likeness (QED) is 0.187. The number of phenolic OH excluding ortho intramolecular Hbond substituents is 1. The second-order valence-corrected chi connectivity index (χ2v) is 9.14. The summed E-state index contributed by atoms with van der Waals surface area (Å²) in [5, 5.41) is 11.3. The normalized spacial score (nSPS) is 10.6. The van der Waals surface area contributed by atoms with E-state index in [4.69, 9.17) is 23.4 Å². The predicted molar refractivity (Wildman–Crippen MR) is 160 cm³/mol. The number of hydrogen-bond donors (Lipinski definition) is 1. The number of aromatic hydroxyl groups is 1. The van der Waals surface area contributed by atoms with Crippen LogP contribution >= 0.6 is 0 Å². The standard InChI is InChI=1S/C33H36O9/c1-7-12-21-24(17-28(35)39-10-4)23(14-9-3)33-30(31(21)37)25(34)18-27(42-33)20-15-16-26(38-6)32(22(20)13-8-2)41-19-29(36)40-11-5/h7-9,15-16,18,37H,1-3,10-14,17,19H2,4-6H3. The lowest BCUT2D eigenvalue weighted by Gasteiger charge is -2.20. The molecular weight excluding hydrogens is 540 g/mol. The van der Waals surface area contributed by atoms with Crippen LogP contribution in [0.3, 0.4) is 0 Å². The van der Waals surface area contributed by atoms with Crippen molar-refractivity contribution in [3.8, 4) is 28.6 Å². The van der Waals surface area contributed by atoms with Crippen molar-refractivity contribution in [1.82, 2.24) is 0 Å². The number of fused-ring (bicyclic) bond motifs is 1. The lowest BCUT2D eigenvalue weighted by Crippen LogP contribution is -2.16. The van der Waals surface area contributed by atoms with E-state index in [1.807, 2.05) is 0 Å². The molecule has 0 radical (unpaired) electrons. The van der Waals surface area contributed by atoms with Crippen molar-refractivity contribution in [2.45, 2.75) is 39.5 Å². The van der Waals surface area contributed by atoms with E-state index in [1.165, 1.54) is 13.2 Å². The summed E-state index contributed by atoms with van der Waals surface area (Å²) in [6.07, 6.45) is 5.45. The van der Waals surface area contributed by atoms with Crippen molar-refractivity contribution in [2.75, 3.05) is 26.9 Å². The number of allylic oxidation sites excluding steroid dienone is 3. The van der Waals surface area contributed by atoms with Gasteiger partial charge in [0.05, 0.1) is 26.7 Å². The predicted octanol–water partition coefficient (Wildman–Crippen LogP) is 5.41. The number of rotatable bonds is 15. The molecule has 1 N–H and O–H groups in total. The van der Waals surface area contributed by atoms with Gasteiger partial charge in [0.25, 0.3) is 0 Å². The molecule has 9 nitrogen and oxygen atoms in total. The van der Waals surface area contributed by atoms with Crippen LogP contribution in [-0.4, -0.2) is 44.0 Å². The van der Waals surface area contributed by atoms with Gasteiger partial charge in [0.1, 0.15) is 22.5 Å². The summed E-state index contributed by atoms with van der Waals surface area (Å²) in [6.45, 7) is 14.9. The Morgan fingerprint density at radius 2 is 1.52 bits per heavy atom. The van der Waals surface area contributed by atoms with Crippen molar-refractivity contribution < 1.29 is 38.1 Å². The van der Waals surface area contributed by atoms with Gasteiger partial charge in [0, 0.05) is 28.3 Å². The smallest absolute Gasteiger partial charge is 0.344 e. The number of ether oxygens (including phenoxy) is 4. The molecule has 3 rings (SSSR count). The largest absolute Gasteiger partial charge is 0.507 e.